The van der Waals surface area contributed by atoms with Crippen molar-refractivity contribution in [2.24, 2.45) is 5.73 Å². The second kappa shape index (κ2) is 22.6. The molecule has 6 aromatic carbocycles. The van der Waals surface area contributed by atoms with E-state index in [-0.39, 0.29) is 29.0 Å². The minimum Gasteiger partial charge on any atom is -0.366 e. The van der Waals surface area contributed by atoms with Crippen LogP contribution in [0.25, 0.3) is 0 Å². The molecule has 0 aliphatic rings. The molecular formula is C45H42F3I3N6O3. The van der Waals surface area contributed by atoms with Gasteiger partial charge < -0.3 is 32.3 Å². The Kier molecular flexibility index (Phi) is 18.0. The molecule has 9 nitrogen and oxygen atoms in total. The summed E-state index contributed by atoms with van der Waals surface area (Å²) in [6, 6.07) is 29.6. The number of carbonyl (C=O) groups is 3. The maximum atomic E-state index is 13.5. The van der Waals surface area contributed by atoms with Gasteiger partial charge in [-0.25, -0.2) is 13.2 Å². The van der Waals surface area contributed by atoms with Crippen molar-refractivity contribution in [3.05, 3.63) is 171 Å². The van der Waals surface area contributed by atoms with E-state index in [1.54, 1.807) is 7.05 Å². The minimum atomic E-state index is -0.592. The zero-order valence-corrected chi connectivity index (χ0v) is 39.6. The van der Waals surface area contributed by atoms with Crippen LogP contribution >= 0.6 is 67.8 Å². The Morgan fingerprint density at radius 2 is 0.833 bits per heavy atom. The lowest BCUT2D eigenvalue weighted by atomic mass is 10.1. The molecule has 312 valence electrons. The first-order chi connectivity index (χ1) is 28.5. The van der Waals surface area contributed by atoms with Gasteiger partial charge in [-0.2, -0.15) is 0 Å². The average Bonchev–Trinajstić information content (AvgIpc) is 3.18. The molecule has 60 heavy (non-hydrogen) atoms. The lowest BCUT2D eigenvalue weighted by molar-refractivity contribution is 0.0951. The molecule has 0 heterocycles. The minimum absolute atomic E-state index is 0.219. The van der Waals surface area contributed by atoms with Gasteiger partial charge in [-0.3, -0.25) is 14.4 Å². The highest BCUT2D eigenvalue weighted by atomic mass is 127. The molecular weight excluding hydrogens is 1110 g/mol. The number of benzene rings is 6. The summed E-state index contributed by atoms with van der Waals surface area (Å²) >= 11 is 6.68. The molecule has 0 spiro atoms. The average molecular weight is 1150 g/mol. The molecule has 0 fully saturated rings. The summed E-state index contributed by atoms with van der Waals surface area (Å²) in [6.07, 6.45) is 0. The monoisotopic (exact) mass is 1150 g/mol. The predicted molar refractivity (Wildman–Crippen MR) is 261 cm³/mol. The van der Waals surface area contributed by atoms with E-state index < -0.39 is 11.7 Å². The van der Waals surface area contributed by atoms with Gasteiger partial charge in [0.15, 0.2) is 0 Å². The van der Waals surface area contributed by atoms with Crippen LogP contribution in [0.5, 0.6) is 0 Å². The highest BCUT2D eigenvalue weighted by Crippen LogP contribution is 2.28. The second-order valence-electron chi connectivity index (χ2n) is 13.1. The van der Waals surface area contributed by atoms with Crippen molar-refractivity contribution in [2.45, 2.75) is 27.7 Å². The second-order valence-corrected chi connectivity index (χ2v) is 16.9. The zero-order chi connectivity index (χ0) is 44.1. The summed E-state index contributed by atoms with van der Waals surface area (Å²) < 4.78 is 43.5. The summed E-state index contributed by atoms with van der Waals surface area (Å²) in [6.45, 7) is 8.24. The van der Waals surface area contributed by atoms with Crippen LogP contribution in [0, 0.1) is 48.9 Å². The first kappa shape index (κ1) is 47.8. The van der Waals surface area contributed by atoms with Crippen molar-refractivity contribution < 1.29 is 27.6 Å². The molecule has 6 aromatic rings. The number of hydrogen-bond donors (Lipinski definition) is 6. The third-order valence-corrected chi connectivity index (χ3v) is 10.7. The number of primary amides is 1. The van der Waals surface area contributed by atoms with Crippen molar-refractivity contribution in [3.63, 3.8) is 0 Å². The summed E-state index contributed by atoms with van der Waals surface area (Å²) in [5, 5.41) is 14.6. The first-order valence-electron chi connectivity index (χ1n) is 18.3. The van der Waals surface area contributed by atoms with E-state index >= 15 is 0 Å². The van der Waals surface area contributed by atoms with Gasteiger partial charge in [0.2, 0.25) is 0 Å². The number of aryl methyl sites for hydroxylation is 3. The fourth-order valence-corrected chi connectivity index (χ4v) is 7.54. The SMILES string of the molecule is CCNC(=O)c1ccc(F)cc1Nc1ccc(I)cc1C.CNC(=O)c1ccc(F)cc1Nc1ccc(I)cc1C.Cc1cc(I)ccc1Nc1cc(F)ccc1C(N)=O. The Morgan fingerprint density at radius 3 is 1.15 bits per heavy atom. The largest absolute Gasteiger partial charge is 0.366 e. The van der Waals surface area contributed by atoms with Crippen LogP contribution in [0.2, 0.25) is 0 Å². The van der Waals surface area contributed by atoms with E-state index in [9.17, 15) is 27.6 Å². The predicted octanol–water partition coefficient (Wildman–Crippen LogP) is 11.7. The lowest BCUT2D eigenvalue weighted by Gasteiger charge is -2.14. The van der Waals surface area contributed by atoms with Gasteiger partial charge in [0.1, 0.15) is 17.5 Å². The number of nitrogens with two attached hydrogens (primary N) is 1. The number of rotatable bonds is 10. The van der Waals surface area contributed by atoms with E-state index in [1.807, 2.05) is 82.3 Å². The first-order valence-corrected chi connectivity index (χ1v) is 21.5. The highest BCUT2D eigenvalue weighted by Gasteiger charge is 2.15. The molecule has 0 atom stereocenters. The third-order valence-electron chi connectivity index (χ3n) is 8.64. The van der Waals surface area contributed by atoms with Crippen LogP contribution in [0.3, 0.4) is 0 Å². The number of carbonyl (C=O) groups excluding carboxylic acids is 3. The normalized spacial score (nSPS) is 10.2. The number of hydrogen-bond acceptors (Lipinski definition) is 6. The van der Waals surface area contributed by atoms with E-state index in [1.165, 1.54) is 54.6 Å². The van der Waals surface area contributed by atoms with Gasteiger partial charge in [-0.05, 0) is 221 Å². The molecule has 0 aromatic heterocycles. The maximum absolute atomic E-state index is 13.5. The van der Waals surface area contributed by atoms with Gasteiger partial charge in [-0.15, -0.1) is 0 Å². The van der Waals surface area contributed by atoms with Crippen molar-refractivity contribution >= 4 is 120 Å². The van der Waals surface area contributed by atoms with Crippen LogP contribution in [0.1, 0.15) is 54.7 Å². The van der Waals surface area contributed by atoms with Crippen molar-refractivity contribution in [3.8, 4) is 0 Å². The fourth-order valence-electron chi connectivity index (χ4n) is 5.60. The maximum Gasteiger partial charge on any atom is 0.253 e. The Morgan fingerprint density at radius 1 is 0.500 bits per heavy atom. The molecule has 15 heteroatoms. The van der Waals surface area contributed by atoms with Crippen LogP contribution < -0.4 is 32.3 Å². The van der Waals surface area contributed by atoms with Gasteiger partial charge in [0.25, 0.3) is 17.7 Å². The number of nitrogens with one attached hydrogen (secondary N) is 5. The molecule has 0 radical (unpaired) electrons. The summed E-state index contributed by atoms with van der Waals surface area (Å²) in [5.41, 5.74) is 13.3. The third kappa shape index (κ3) is 13.8. The van der Waals surface area contributed by atoms with Crippen LogP contribution in [-0.4, -0.2) is 31.3 Å². The van der Waals surface area contributed by atoms with Crippen LogP contribution in [0.4, 0.5) is 47.3 Å². The van der Waals surface area contributed by atoms with Crippen LogP contribution in [-0.2, 0) is 0 Å². The van der Waals surface area contributed by atoms with Gasteiger partial charge in [0, 0.05) is 41.4 Å². The quantitative estimate of drug-likeness (QED) is 0.0756. The molecule has 6 rings (SSSR count). The fraction of sp³-hybridized carbons (Fsp3) is 0.133. The van der Waals surface area contributed by atoms with E-state index in [0.717, 1.165) is 44.5 Å². The van der Waals surface area contributed by atoms with Crippen molar-refractivity contribution in [1.29, 1.82) is 0 Å². The standard InChI is InChI=1S/C16H16FIN2O.C15H14FIN2O.C14H12FIN2O/c1-3-19-16(21)13-6-4-11(17)9-15(13)20-14-7-5-12(18)8-10(14)2;1-9-7-11(17)4-6-13(9)19-14-8-10(16)3-5-12(14)15(20)18-2;1-8-6-10(16)3-5-12(8)18-13-7-9(15)2-4-11(13)14(17)19/h4-9,20H,3H2,1-2H3,(H,19,21);3-8,19H,1-2H3,(H,18,20);2-7,18H,1H3,(H2,17,19). The smallest absolute Gasteiger partial charge is 0.253 e. The summed E-state index contributed by atoms with van der Waals surface area (Å²) in [5.74, 6) is -2.25. The van der Waals surface area contributed by atoms with E-state index in [0.29, 0.717) is 34.7 Å². The highest BCUT2D eigenvalue weighted by molar-refractivity contribution is 14.1. The molecule has 7 N–H and O–H groups in total. The molecule has 0 bridgehead atoms. The molecule has 0 aliphatic carbocycles. The number of halogens is 6. The molecule has 0 unspecified atom stereocenters. The van der Waals surface area contributed by atoms with E-state index in [4.69, 9.17) is 5.73 Å². The Hall–Kier alpha value is -4.89. The van der Waals surface area contributed by atoms with Gasteiger partial charge in [-0.1, -0.05) is 0 Å². The molecule has 3 amide bonds. The molecule has 0 aliphatic heterocycles. The zero-order valence-electron chi connectivity index (χ0n) is 33.2. The topological polar surface area (TPSA) is 137 Å². The molecule has 0 saturated carbocycles. The Balaban J connectivity index is 0.000000199. The summed E-state index contributed by atoms with van der Waals surface area (Å²) in [7, 11) is 1.55. The number of amides is 3. The number of anilines is 6. The lowest BCUT2D eigenvalue weighted by Crippen LogP contribution is -2.23. The van der Waals surface area contributed by atoms with Crippen LogP contribution in [0.15, 0.2) is 109 Å². The molecule has 0 saturated heterocycles. The van der Waals surface area contributed by atoms with Crippen molar-refractivity contribution in [1.82, 2.24) is 10.6 Å². The Labute approximate surface area is 388 Å². The van der Waals surface area contributed by atoms with Gasteiger partial charge >= 0.3 is 0 Å². The van der Waals surface area contributed by atoms with Gasteiger partial charge in [0.05, 0.1) is 33.8 Å². The van der Waals surface area contributed by atoms with E-state index in [2.05, 4.69) is 94.4 Å². The van der Waals surface area contributed by atoms with Crippen molar-refractivity contribution in [2.75, 3.05) is 29.5 Å². The Bertz CT molecular complexity index is 2520. The summed E-state index contributed by atoms with van der Waals surface area (Å²) in [4.78, 5) is 35.2.